The van der Waals surface area contributed by atoms with Gasteiger partial charge in [-0.25, -0.2) is 0 Å². The number of aliphatic hydroxyl groups is 1. The Bertz CT molecular complexity index is 388. The number of aliphatic hydroxyl groups excluding tert-OH is 1. The van der Waals surface area contributed by atoms with Gasteiger partial charge in [0.05, 0.1) is 6.61 Å². The Balaban J connectivity index is 4.07. The molecule has 2 unspecified atom stereocenters. The van der Waals surface area contributed by atoms with Gasteiger partial charge in [-0.05, 0) is 40.5 Å². The van der Waals surface area contributed by atoms with Crippen molar-refractivity contribution in [3.05, 3.63) is 12.2 Å². The second kappa shape index (κ2) is 22.7. The number of hydrogen-bond acceptors (Lipinski definition) is 5. The minimum absolute atomic E-state index is 0.160. The SMILES string of the molecule is CCCCCCCCCCCCC/C=C/[C@H](OC(C)OCC)[C@@H](O)COC(C)OCC. The van der Waals surface area contributed by atoms with Crippen LogP contribution < -0.4 is 0 Å². The van der Waals surface area contributed by atoms with Crippen LogP contribution in [0.2, 0.25) is 0 Å². The number of allylic oxidation sites excluding steroid dienone is 1. The summed E-state index contributed by atoms with van der Waals surface area (Å²) in [7, 11) is 0. The maximum Gasteiger partial charge on any atom is 0.155 e. The van der Waals surface area contributed by atoms with Crippen molar-refractivity contribution in [2.24, 2.45) is 0 Å². The third-order valence-electron chi connectivity index (χ3n) is 5.33. The monoisotopic (exact) mass is 444 g/mol. The van der Waals surface area contributed by atoms with Crippen LogP contribution >= 0.6 is 0 Å². The lowest BCUT2D eigenvalue weighted by molar-refractivity contribution is -0.190. The second-order valence-corrected chi connectivity index (χ2v) is 8.30. The molecule has 0 aromatic heterocycles. The van der Waals surface area contributed by atoms with Crippen LogP contribution in [-0.2, 0) is 18.9 Å². The van der Waals surface area contributed by atoms with Crippen LogP contribution in [0.4, 0.5) is 0 Å². The Hall–Kier alpha value is -0.460. The molecule has 1 N–H and O–H groups in total. The van der Waals surface area contributed by atoms with E-state index in [1.54, 1.807) is 0 Å². The molecule has 186 valence electrons. The predicted octanol–water partition coefficient (Wildman–Crippen LogP) is 6.77. The summed E-state index contributed by atoms with van der Waals surface area (Å²) in [6.45, 7) is 11.1. The van der Waals surface area contributed by atoms with Crippen molar-refractivity contribution in [3.63, 3.8) is 0 Å². The zero-order valence-electron chi connectivity index (χ0n) is 21.2. The molecule has 0 aromatic carbocycles. The normalized spacial score (nSPS) is 15.9. The molecule has 0 aliphatic rings. The van der Waals surface area contributed by atoms with E-state index in [1.807, 2.05) is 33.8 Å². The fourth-order valence-electron chi connectivity index (χ4n) is 3.53. The molecule has 0 radical (unpaired) electrons. The molecule has 0 aliphatic carbocycles. The van der Waals surface area contributed by atoms with Crippen LogP contribution in [0.5, 0.6) is 0 Å². The summed E-state index contributed by atoms with van der Waals surface area (Å²) in [5.74, 6) is 0. The lowest BCUT2D eigenvalue weighted by Gasteiger charge is -2.25. The molecule has 0 bridgehead atoms. The molecule has 0 fully saturated rings. The van der Waals surface area contributed by atoms with E-state index in [9.17, 15) is 5.11 Å². The quantitative estimate of drug-likeness (QED) is 0.107. The zero-order chi connectivity index (χ0) is 23.2. The standard InChI is InChI=1S/C26H52O5/c1-6-9-10-11-12-13-14-15-16-17-18-19-20-21-26(31-24(5)29-8-3)25(27)22-30-23(4)28-7-2/h20-21,23-27H,6-19,22H2,1-5H3/b21-20+/t23?,24?,25-,26-/m0/s1. The molecule has 0 amide bonds. The molecule has 5 nitrogen and oxygen atoms in total. The van der Waals surface area contributed by atoms with E-state index in [1.165, 1.54) is 70.6 Å². The Labute approximate surface area is 192 Å². The first-order valence-electron chi connectivity index (χ1n) is 12.9. The van der Waals surface area contributed by atoms with E-state index < -0.39 is 12.2 Å². The van der Waals surface area contributed by atoms with Gasteiger partial charge < -0.3 is 24.1 Å². The molecule has 31 heavy (non-hydrogen) atoms. The van der Waals surface area contributed by atoms with Gasteiger partial charge in [0.2, 0.25) is 0 Å². The summed E-state index contributed by atoms with van der Waals surface area (Å²) in [5, 5.41) is 10.5. The highest BCUT2D eigenvalue weighted by atomic mass is 16.7. The van der Waals surface area contributed by atoms with Gasteiger partial charge in [0, 0.05) is 13.2 Å². The van der Waals surface area contributed by atoms with Gasteiger partial charge >= 0.3 is 0 Å². The lowest BCUT2D eigenvalue weighted by Crippen LogP contribution is -2.36. The van der Waals surface area contributed by atoms with Crippen molar-refractivity contribution in [2.75, 3.05) is 19.8 Å². The van der Waals surface area contributed by atoms with E-state index in [0.717, 1.165) is 6.42 Å². The van der Waals surface area contributed by atoms with Gasteiger partial charge in [-0.1, -0.05) is 83.3 Å². The summed E-state index contributed by atoms with van der Waals surface area (Å²) in [6.07, 6.45) is 17.9. The van der Waals surface area contributed by atoms with Gasteiger partial charge in [0.1, 0.15) is 12.2 Å². The minimum atomic E-state index is -0.764. The third kappa shape index (κ3) is 19.9. The van der Waals surface area contributed by atoms with Crippen LogP contribution in [0.3, 0.4) is 0 Å². The average molecular weight is 445 g/mol. The minimum Gasteiger partial charge on any atom is -0.388 e. The van der Waals surface area contributed by atoms with Crippen LogP contribution in [0.25, 0.3) is 0 Å². The van der Waals surface area contributed by atoms with Crippen LogP contribution in [0, 0.1) is 0 Å². The van der Waals surface area contributed by atoms with Crippen LogP contribution in [0.15, 0.2) is 12.2 Å². The van der Waals surface area contributed by atoms with E-state index in [0.29, 0.717) is 13.2 Å². The first-order valence-corrected chi connectivity index (χ1v) is 12.9. The smallest absolute Gasteiger partial charge is 0.155 e. The summed E-state index contributed by atoms with van der Waals surface area (Å²) < 4.78 is 22.3. The number of rotatable bonds is 23. The number of ether oxygens (including phenoxy) is 4. The largest absolute Gasteiger partial charge is 0.388 e. The first kappa shape index (κ1) is 30.5. The molecule has 0 heterocycles. The maximum absolute atomic E-state index is 10.5. The van der Waals surface area contributed by atoms with Crippen LogP contribution in [0.1, 0.15) is 112 Å². The second-order valence-electron chi connectivity index (χ2n) is 8.30. The third-order valence-corrected chi connectivity index (χ3v) is 5.33. The van der Waals surface area contributed by atoms with Gasteiger partial charge in [-0.15, -0.1) is 0 Å². The molecule has 0 saturated carbocycles. The van der Waals surface area contributed by atoms with Crippen molar-refractivity contribution in [3.8, 4) is 0 Å². The first-order chi connectivity index (χ1) is 15.0. The predicted molar refractivity (Wildman–Crippen MR) is 129 cm³/mol. The topological polar surface area (TPSA) is 57.2 Å². The molecule has 0 spiro atoms. The molecular weight excluding hydrogens is 392 g/mol. The van der Waals surface area contributed by atoms with Crippen molar-refractivity contribution >= 4 is 0 Å². The molecular formula is C26H52O5. The van der Waals surface area contributed by atoms with Gasteiger partial charge in [-0.3, -0.25) is 0 Å². The van der Waals surface area contributed by atoms with Gasteiger partial charge in [0.15, 0.2) is 12.6 Å². The van der Waals surface area contributed by atoms with Crippen molar-refractivity contribution in [2.45, 2.75) is 136 Å². The van der Waals surface area contributed by atoms with Gasteiger partial charge in [-0.2, -0.15) is 0 Å². The zero-order valence-corrected chi connectivity index (χ0v) is 21.2. The van der Waals surface area contributed by atoms with Crippen molar-refractivity contribution in [1.82, 2.24) is 0 Å². The molecule has 0 aromatic rings. The summed E-state index contributed by atoms with van der Waals surface area (Å²) in [5.41, 5.74) is 0. The number of hydrogen-bond donors (Lipinski definition) is 1. The molecule has 0 saturated heterocycles. The van der Waals surface area contributed by atoms with Crippen molar-refractivity contribution < 1.29 is 24.1 Å². The highest BCUT2D eigenvalue weighted by Crippen LogP contribution is 2.13. The van der Waals surface area contributed by atoms with E-state index in [2.05, 4.69) is 13.0 Å². The molecule has 0 rings (SSSR count). The van der Waals surface area contributed by atoms with Crippen LogP contribution in [-0.4, -0.2) is 49.7 Å². The average Bonchev–Trinajstić information content (AvgIpc) is 2.74. The van der Waals surface area contributed by atoms with E-state index in [-0.39, 0.29) is 19.2 Å². The molecule has 4 atom stereocenters. The summed E-state index contributed by atoms with van der Waals surface area (Å²) in [4.78, 5) is 0. The highest BCUT2D eigenvalue weighted by molar-refractivity contribution is 4.93. The summed E-state index contributed by atoms with van der Waals surface area (Å²) in [6, 6.07) is 0. The van der Waals surface area contributed by atoms with E-state index in [4.69, 9.17) is 18.9 Å². The number of unbranched alkanes of at least 4 members (excludes halogenated alkanes) is 11. The summed E-state index contributed by atoms with van der Waals surface area (Å²) >= 11 is 0. The fourth-order valence-corrected chi connectivity index (χ4v) is 3.53. The molecule has 5 heteroatoms. The Morgan fingerprint density at radius 3 is 1.74 bits per heavy atom. The molecule has 0 aliphatic heterocycles. The highest BCUT2D eigenvalue weighted by Gasteiger charge is 2.21. The lowest BCUT2D eigenvalue weighted by atomic mass is 10.0. The Morgan fingerprint density at radius 1 is 0.677 bits per heavy atom. The fraction of sp³-hybridized carbons (Fsp3) is 0.923. The maximum atomic E-state index is 10.5. The van der Waals surface area contributed by atoms with Crippen molar-refractivity contribution in [1.29, 1.82) is 0 Å². The Morgan fingerprint density at radius 2 is 1.19 bits per heavy atom. The Kier molecular flexibility index (Phi) is 22.4. The van der Waals surface area contributed by atoms with E-state index >= 15 is 0 Å². The van der Waals surface area contributed by atoms with Gasteiger partial charge in [0.25, 0.3) is 0 Å².